The maximum atomic E-state index is 5.04. The third-order valence-corrected chi connectivity index (χ3v) is 2.89. The quantitative estimate of drug-likeness (QED) is 0.641. The Labute approximate surface area is 77.5 Å². The molecule has 1 saturated heterocycles. The van der Waals surface area contributed by atoms with Gasteiger partial charge < -0.3 is 10.6 Å². The van der Waals surface area contributed by atoms with E-state index in [1.54, 1.807) is 0 Å². The lowest BCUT2D eigenvalue weighted by atomic mass is 10.2. The second kappa shape index (κ2) is 4.16. The van der Waals surface area contributed by atoms with Gasteiger partial charge in [0.05, 0.1) is 5.37 Å². The highest BCUT2D eigenvalue weighted by Gasteiger charge is 2.19. The highest BCUT2D eigenvalue weighted by molar-refractivity contribution is 7.99. The molecule has 1 aliphatic heterocycles. The van der Waals surface area contributed by atoms with Crippen LogP contribution in [-0.2, 0) is 0 Å². The van der Waals surface area contributed by atoms with Crippen LogP contribution >= 0.6 is 24.0 Å². The van der Waals surface area contributed by atoms with Gasteiger partial charge in [-0.05, 0) is 31.3 Å². The molecule has 0 bridgehead atoms. The predicted molar refractivity (Wildman–Crippen MR) is 54.9 cm³/mol. The number of nitrogens with one attached hydrogen (secondary N) is 2. The fourth-order valence-electron chi connectivity index (χ4n) is 1.16. The summed E-state index contributed by atoms with van der Waals surface area (Å²) in [6.45, 7) is 4.33. The second-order valence-corrected chi connectivity index (χ2v) is 4.59. The van der Waals surface area contributed by atoms with Crippen LogP contribution in [0.5, 0.6) is 0 Å². The zero-order valence-electron chi connectivity index (χ0n) is 6.89. The predicted octanol–water partition coefficient (Wildman–Crippen LogP) is 1.32. The smallest absolute Gasteiger partial charge is 0.167 e. The number of thiocarbonyl (C=S) groups is 1. The van der Waals surface area contributed by atoms with Crippen molar-refractivity contribution < 1.29 is 0 Å². The third-order valence-electron chi connectivity index (χ3n) is 1.61. The Hall–Kier alpha value is 0.0400. The van der Waals surface area contributed by atoms with Crippen LogP contribution < -0.4 is 10.6 Å². The van der Waals surface area contributed by atoms with E-state index in [0.717, 1.165) is 17.3 Å². The summed E-state index contributed by atoms with van der Waals surface area (Å²) in [5.41, 5.74) is 0. The molecule has 1 aliphatic rings. The summed E-state index contributed by atoms with van der Waals surface area (Å²) in [7, 11) is 0. The van der Waals surface area contributed by atoms with Crippen molar-refractivity contribution in [3.05, 3.63) is 0 Å². The Bertz CT molecular complexity index is 149. The monoisotopic (exact) mass is 190 g/mol. The van der Waals surface area contributed by atoms with Crippen molar-refractivity contribution in [1.29, 1.82) is 0 Å². The standard InChI is InChI=1S/C7H14N2S2/c1-3-11-6-4-5(2)8-7(10)9-6/h5-6H,3-4H2,1-2H3,(H2,8,9,10)/t5-,6-/m0/s1. The van der Waals surface area contributed by atoms with Gasteiger partial charge in [-0.3, -0.25) is 0 Å². The van der Waals surface area contributed by atoms with Crippen LogP contribution in [0.25, 0.3) is 0 Å². The number of thioether (sulfide) groups is 1. The van der Waals surface area contributed by atoms with Crippen molar-refractivity contribution >= 4 is 29.1 Å². The summed E-state index contributed by atoms with van der Waals surface area (Å²) in [6, 6.07) is 0.521. The Morgan fingerprint density at radius 1 is 1.64 bits per heavy atom. The van der Waals surface area contributed by atoms with Gasteiger partial charge in [0.1, 0.15) is 0 Å². The summed E-state index contributed by atoms with van der Waals surface area (Å²) >= 11 is 6.96. The van der Waals surface area contributed by atoms with E-state index in [-0.39, 0.29) is 0 Å². The molecule has 0 aromatic heterocycles. The van der Waals surface area contributed by atoms with E-state index in [1.165, 1.54) is 0 Å². The van der Waals surface area contributed by atoms with Gasteiger partial charge in [-0.1, -0.05) is 6.92 Å². The Kier molecular flexibility index (Phi) is 3.45. The highest BCUT2D eigenvalue weighted by Crippen LogP contribution is 2.15. The van der Waals surface area contributed by atoms with Crippen molar-refractivity contribution in [1.82, 2.24) is 10.6 Å². The molecule has 2 nitrogen and oxygen atoms in total. The number of rotatable bonds is 2. The SMILES string of the molecule is CCS[C@H]1C[C@H](C)NC(=S)N1. The molecule has 0 aromatic carbocycles. The average Bonchev–Trinajstić information content (AvgIpc) is 1.85. The van der Waals surface area contributed by atoms with Crippen LogP contribution in [0, 0.1) is 0 Å². The molecule has 1 fully saturated rings. The van der Waals surface area contributed by atoms with Gasteiger partial charge in [-0.2, -0.15) is 0 Å². The van der Waals surface area contributed by atoms with E-state index in [1.807, 2.05) is 11.8 Å². The van der Waals surface area contributed by atoms with E-state index in [2.05, 4.69) is 24.5 Å². The van der Waals surface area contributed by atoms with Crippen LogP contribution in [0.1, 0.15) is 20.3 Å². The highest BCUT2D eigenvalue weighted by atomic mass is 32.2. The first-order chi connectivity index (χ1) is 5.22. The third kappa shape index (κ3) is 2.87. The first-order valence-corrected chi connectivity index (χ1v) is 5.36. The van der Waals surface area contributed by atoms with Gasteiger partial charge in [0.2, 0.25) is 0 Å². The van der Waals surface area contributed by atoms with Crippen molar-refractivity contribution in [3.8, 4) is 0 Å². The average molecular weight is 190 g/mol. The lowest BCUT2D eigenvalue weighted by molar-refractivity contribution is 0.528. The van der Waals surface area contributed by atoms with Gasteiger partial charge in [-0.25, -0.2) is 0 Å². The zero-order valence-corrected chi connectivity index (χ0v) is 8.52. The lowest BCUT2D eigenvalue weighted by Gasteiger charge is -2.30. The molecule has 0 aromatic rings. The molecule has 0 radical (unpaired) electrons. The molecule has 11 heavy (non-hydrogen) atoms. The minimum absolute atomic E-state index is 0.517. The van der Waals surface area contributed by atoms with E-state index in [0.29, 0.717) is 11.4 Å². The van der Waals surface area contributed by atoms with E-state index < -0.39 is 0 Å². The fourth-order valence-corrected chi connectivity index (χ4v) is 2.61. The molecule has 1 heterocycles. The topological polar surface area (TPSA) is 24.1 Å². The van der Waals surface area contributed by atoms with E-state index >= 15 is 0 Å². The molecule has 0 aliphatic carbocycles. The largest absolute Gasteiger partial charge is 0.360 e. The van der Waals surface area contributed by atoms with Gasteiger partial charge >= 0.3 is 0 Å². The first kappa shape index (κ1) is 9.13. The van der Waals surface area contributed by atoms with Crippen molar-refractivity contribution in [2.24, 2.45) is 0 Å². The zero-order chi connectivity index (χ0) is 8.27. The molecule has 4 heteroatoms. The van der Waals surface area contributed by atoms with E-state index in [9.17, 15) is 0 Å². The van der Waals surface area contributed by atoms with Crippen molar-refractivity contribution in [2.45, 2.75) is 31.7 Å². The van der Waals surface area contributed by atoms with Crippen molar-refractivity contribution in [2.75, 3.05) is 5.75 Å². The summed E-state index contributed by atoms with van der Waals surface area (Å²) in [4.78, 5) is 0. The van der Waals surface area contributed by atoms with Crippen LogP contribution in [0.2, 0.25) is 0 Å². The molecule has 2 N–H and O–H groups in total. The minimum atomic E-state index is 0.517. The second-order valence-electron chi connectivity index (χ2n) is 2.70. The molecule has 1 rings (SSSR count). The Morgan fingerprint density at radius 2 is 2.36 bits per heavy atom. The summed E-state index contributed by atoms with van der Waals surface area (Å²) in [6.07, 6.45) is 1.15. The molecule has 0 saturated carbocycles. The maximum Gasteiger partial charge on any atom is 0.167 e. The minimum Gasteiger partial charge on any atom is -0.360 e. The normalized spacial score (nSPS) is 30.9. The summed E-state index contributed by atoms with van der Waals surface area (Å²) in [5, 5.41) is 7.72. The van der Waals surface area contributed by atoms with Crippen LogP contribution in [0.4, 0.5) is 0 Å². The Morgan fingerprint density at radius 3 is 2.91 bits per heavy atom. The van der Waals surface area contributed by atoms with Crippen LogP contribution in [0.15, 0.2) is 0 Å². The number of hydrogen-bond donors (Lipinski definition) is 2. The summed E-state index contributed by atoms with van der Waals surface area (Å²) < 4.78 is 0. The molecule has 0 spiro atoms. The van der Waals surface area contributed by atoms with E-state index in [4.69, 9.17) is 12.2 Å². The van der Waals surface area contributed by atoms with Crippen LogP contribution in [-0.4, -0.2) is 22.3 Å². The number of hydrogen-bond acceptors (Lipinski definition) is 2. The molecule has 64 valence electrons. The lowest BCUT2D eigenvalue weighted by Crippen LogP contribution is -2.52. The van der Waals surface area contributed by atoms with Gasteiger partial charge in [0.15, 0.2) is 5.11 Å². The van der Waals surface area contributed by atoms with Crippen LogP contribution in [0.3, 0.4) is 0 Å². The molecular weight excluding hydrogens is 176 g/mol. The van der Waals surface area contributed by atoms with Gasteiger partial charge in [0.25, 0.3) is 0 Å². The van der Waals surface area contributed by atoms with Crippen molar-refractivity contribution in [3.63, 3.8) is 0 Å². The summed E-state index contributed by atoms with van der Waals surface area (Å²) in [5.74, 6) is 1.15. The fraction of sp³-hybridized carbons (Fsp3) is 0.857. The molecule has 0 unspecified atom stereocenters. The molecule has 0 amide bonds. The first-order valence-electron chi connectivity index (χ1n) is 3.91. The molecular formula is C7H14N2S2. The molecule has 2 atom stereocenters. The maximum absolute atomic E-state index is 5.04. The Balaban J connectivity index is 2.36. The van der Waals surface area contributed by atoms with Gasteiger partial charge in [0, 0.05) is 6.04 Å². The van der Waals surface area contributed by atoms with Gasteiger partial charge in [-0.15, -0.1) is 11.8 Å².